The Morgan fingerprint density at radius 2 is 1.83 bits per heavy atom. The summed E-state index contributed by atoms with van der Waals surface area (Å²) in [6.45, 7) is 10.2. The van der Waals surface area contributed by atoms with Gasteiger partial charge < -0.3 is 10.2 Å². The molecular formula is C18H30ClN3O. The summed E-state index contributed by atoms with van der Waals surface area (Å²) in [4.78, 5) is 17.3. The molecule has 0 radical (unpaired) electrons. The van der Waals surface area contributed by atoms with Gasteiger partial charge in [0.1, 0.15) is 0 Å². The van der Waals surface area contributed by atoms with Crippen molar-refractivity contribution in [2.75, 3.05) is 46.3 Å². The van der Waals surface area contributed by atoms with Crippen LogP contribution >= 0.6 is 12.4 Å². The number of rotatable bonds is 6. The maximum atomic E-state index is 12.8. The number of carbonyl (C=O) groups excluding carboxylic acids is 1. The Morgan fingerprint density at radius 1 is 1.17 bits per heavy atom. The highest BCUT2D eigenvalue weighted by Gasteiger charge is 2.23. The fourth-order valence-corrected chi connectivity index (χ4v) is 3.03. The molecule has 0 bridgehead atoms. The number of likely N-dealkylation sites (N-methyl/N-ethyl adjacent to an activating group) is 1. The summed E-state index contributed by atoms with van der Waals surface area (Å²) in [7, 11) is 1.94. The molecule has 1 heterocycles. The van der Waals surface area contributed by atoms with Crippen LogP contribution in [-0.2, 0) is 6.42 Å². The number of carbonyl (C=O) groups is 1. The van der Waals surface area contributed by atoms with E-state index in [1.165, 1.54) is 0 Å². The predicted octanol–water partition coefficient (Wildman–Crippen LogP) is 2.28. The maximum Gasteiger partial charge on any atom is 0.254 e. The highest BCUT2D eigenvalue weighted by atomic mass is 35.5. The van der Waals surface area contributed by atoms with Gasteiger partial charge in [-0.2, -0.15) is 0 Å². The molecule has 0 saturated carbocycles. The number of nitrogens with one attached hydrogen (secondary N) is 1. The second-order valence-corrected chi connectivity index (χ2v) is 6.50. The Morgan fingerprint density at radius 3 is 2.43 bits per heavy atom. The number of piperazine rings is 1. The summed E-state index contributed by atoms with van der Waals surface area (Å²) >= 11 is 0. The molecule has 1 N–H and O–H groups in total. The Bertz CT molecular complexity index is 485. The zero-order valence-corrected chi connectivity index (χ0v) is 15.4. The third-order valence-electron chi connectivity index (χ3n) is 4.17. The SMILES string of the molecule is CNCCc1ccccc1C(=O)N1CCN(CC(C)C)CC1.Cl. The summed E-state index contributed by atoms with van der Waals surface area (Å²) in [6.07, 6.45) is 0.895. The molecule has 0 atom stereocenters. The summed E-state index contributed by atoms with van der Waals surface area (Å²) in [5, 5.41) is 3.15. The smallest absolute Gasteiger partial charge is 0.254 e. The van der Waals surface area contributed by atoms with Crippen molar-refractivity contribution in [2.45, 2.75) is 20.3 Å². The molecule has 1 aromatic rings. The fraction of sp³-hybridized carbons (Fsp3) is 0.611. The molecule has 1 amide bonds. The van der Waals surface area contributed by atoms with Gasteiger partial charge in [0.25, 0.3) is 5.91 Å². The standard InChI is InChI=1S/C18H29N3O.ClH/c1-15(2)14-20-10-12-21(13-11-20)18(22)17-7-5-4-6-16(17)8-9-19-3;/h4-7,15,19H,8-14H2,1-3H3;1H. The van der Waals surface area contributed by atoms with Crippen LogP contribution < -0.4 is 5.32 Å². The van der Waals surface area contributed by atoms with Gasteiger partial charge in [0.2, 0.25) is 0 Å². The average molecular weight is 340 g/mol. The van der Waals surface area contributed by atoms with E-state index in [0.717, 1.165) is 56.8 Å². The number of hydrogen-bond acceptors (Lipinski definition) is 3. The van der Waals surface area contributed by atoms with Gasteiger partial charge in [-0.05, 0) is 37.6 Å². The minimum Gasteiger partial charge on any atom is -0.336 e. The fourth-order valence-electron chi connectivity index (χ4n) is 3.03. The first-order valence-electron chi connectivity index (χ1n) is 8.36. The lowest BCUT2D eigenvalue weighted by Crippen LogP contribution is -2.49. The number of nitrogens with zero attached hydrogens (tertiary/aromatic N) is 2. The average Bonchev–Trinajstić information content (AvgIpc) is 2.53. The van der Waals surface area contributed by atoms with Gasteiger partial charge in [0, 0.05) is 38.3 Å². The van der Waals surface area contributed by atoms with Crippen LogP contribution in [0.3, 0.4) is 0 Å². The molecule has 1 fully saturated rings. The van der Waals surface area contributed by atoms with E-state index in [1.54, 1.807) is 0 Å². The van der Waals surface area contributed by atoms with Crippen LogP contribution in [-0.4, -0.2) is 62.0 Å². The molecule has 4 nitrogen and oxygen atoms in total. The van der Waals surface area contributed by atoms with Gasteiger partial charge in [-0.1, -0.05) is 32.0 Å². The highest BCUT2D eigenvalue weighted by Crippen LogP contribution is 2.14. The molecule has 0 aromatic heterocycles. The van der Waals surface area contributed by atoms with Gasteiger partial charge in [0.05, 0.1) is 0 Å². The van der Waals surface area contributed by atoms with Gasteiger partial charge in [-0.15, -0.1) is 12.4 Å². The second kappa shape index (κ2) is 9.91. The lowest BCUT2D eigenvalue weighted by atomic mass is 10.0. The minimum absolute atomic E-state index is 0. The van der Waals surface area contributed by atoms with Crippen molar-refractivity contribution in [3.63, 3.8) is 0 Å². The largest absolute Gasteiger partial charge is 0.336 e. The zero-order chi connectivity index (χ0) is 15.9. The van der Waals surface area contributed by atoms with Crippen LogP contribution in [0.1, 0.15) is 29.8 Å². The van der Waals surface area contributed by atoms with Crippen molar-refractivity contribution in [2.24, 2.45) is 5.92 Å². The molecule has 1 aliphatic heterocycles. The van der Waals surface area contributed by atoms with Crippen LogP contribution in [0.25, 0.3) is 0 Å². The molecule has 0 unspecified atom stereocenters. The van der Waals surface area contributed by atoms with Crippen LogP contribution in [0.4, 0.5) is 0 Å². The second-order valence-electron chi connectivity index (χ2n) is 6.50. The van der Waals surface area contributed by atoms with Crippen molar-refractivity contribution < 1.29 is 4.79 Å². The summed E-state index contributed by atoms with van der Waals surface area (Å²) in [5.74, 6) is 0.875. The number of hydrogen-bond donors (Lipinski definition) is 1. The monoisotopic (exact) mass is 339 g/mol. The summed E-state index contributed by atoms with van der Waals surface area (Å²) < 4.78 is 0. The van der Waals surface area contributed by atoms with Crippen LogP contribution in [0.15, 0.2) is 24.3 Å². The maximum absolute atomic E-state index is 12.8. The third kappa shape index (κ3) is 5.79. The molecular weight excluding hydrogens is 310 g/mol. The summed E-state index contributed by atoms with van der Waals surface area (Å²) in [5.41, 5.74) is 2.02. The van der Waals surface area contributed by atoms with Crippen LogP contribution in [0.5, 0.6) is 0 Å². The lowest BCUT2D eigenvalue weighted by molar-refractivity contribution is 0.0623. The normalized spacial score (nSPS) is 15.6. The van der Waals surface area contributed by atoms with E-state index in [2.05, 4.69) is 30.1 Å². The molecule has 0 spiro atoms. The van der Waals surface area contributed by atoms with Crippen molar-refractivity contribution >= 4 is 18.3 Å². The van der Waals surface area contributed by atoms with E-state index < -0.39 is 0 Å². The van der Waals surface area contributed by atoms with Crippen molar-refractivity contribution in [3.05, 3.63) is 35.4 Å². The third-order valence-corrected chi connectivity index (χ3v) is 4.17. The molecule has 1 aliphatic rings. The molecule has 23 heavy (non-hydrogen) atoms. The lowest BCUT2D eigenvalue weighted by Gasteiger charge is -2.35. The van der Waals surface area contributed by atoms with Gasteiger partial charge in [0.15, 0.2) is 0 Å². The molecule has 5 heteroatoms. The molecule has 130 valence electrons. The number of benzene rings is 1. The Labute approximate surface area is 146 Å². The molecule has 2 rings (SSSR count). The molecule has 0 aliphatic carbocycles. The van der Waals surface area contributed by atoms with Crippen LogP contribution in [0.2, 0.25) is 0 Å². The predicted molar refractivity (Wildman–Crippen MR) is 98.5 cm³/mol. The number of halogens is 1. The van der Waals surface area contributed by atoms with Crippen molar-refractivity contribution in [1.82, 2.24) is 15.1 Å². The minimum atomic E-state index is 0. The zero-order valence-electron chi connectivity index (χ0n) is 14.5. The van der Waals surface area contributed by atoms with Gasteiger partial charge in [-0.3, -0.25) is 9.69 Å². The quantitative estimate of drug-likeness (QED) is 0.863. The van der Waals surface area contributed by atoms with Crippen molar-refractivity contribution in [3.8, 4) is 0 Å². The first-order valence-corrected chi connectivity index (χ1v) is 8.36. The first-order chi connectivity index (χ1) is 10.6. The topological polar surface area (TPSA) is 35.6 Å². The Kier molecular flexibility index (Phi) is 8.59. The van der Waals surface area contributed by atoms with E-state index in [-0.39, 0.29) is 18.3 Å². The van der Waals surface area contributed by atoms with E-state index in [1.807, 2.05) is 30.1 Å². The molecule has 1 aromatic carbocycles. The number of amides is 1. The van der Waals surface area contributed by atoms with Crippen LogP contribution in [0, 0.1) is 5.92 Å². The Balaban J connectivity index is 0.00000264. The Hall–Kier alpha value is -1.10. The van der Waals surface area contributed by atoms with Gasteiger partial charge in [-0.25, -0.2) is 0 Å². The molecule has 1 saturated heterocycles. The highest BCUT2D eigenvalue weighted by molar-refractivity contribution is 5.95. The van der Waals surface area contributed by atoms with Crippen molar-refractivity contribution in [1.29, 1.82) is 0 Å². The van der Waals surface area contributed by atoms with E-state index in [9.17, 15) is 4.79 Å². The van der Waals surface area contributed by atoms with E-state index in [0.29, 0.717) is 5.92 Å². The van der Waals surface area contributed by atoms with Gasteiger partial charge >= 0.3 is 0 Å². The first kappa shape index (κ1) is 19.9. The summed E-state index contributed by atoms with van der Waals surface area (Å²) in [6, 6.07) is 8.01. The van der Waals surface area contributed by atoms with E-state index in [4.69, 9.17) is 0 Å². The van der Waals surface area contributed by atoms with E-state index >= 15 is 0 Å².